The molecule has 0 spiro atoms. The maximum atomic E-state index is 13.0. The van der Waals surface area contributed by atoms with Crippen LogP contribution in [0.4, 0.5) is 11.6 Å². The number of aromatic nitrogens is 6. The Kier molecular flexibility index (Phi) is 7.41. The number of phosphoric ester groups is 2. The number of hydrogen-bond acceptors (Lipinski definition) is 17. The predicted molar refractivity (Wildman–Crippen MR) is 134 cm³/mol. The molecule has 3 aliphatic rings. The van der Waals surface area contributed by atoms with Crippen LogP contribution in [0.15, 0.2) is 29.7 Å². The van der Waals surface area contributed by atoms with Gasteiger partial charge in [0.2, 0.25) is 0 Å². The molecule has 10 atom stereocenters. The summed E-state index contributed by atoms with van der Waals surface area (Å²) in [6, 6.07) is 1.24. The molecule has 3 aromatic heterocycles. The van der Waals surface area contributed by atoms with Crippen LogP contribution in [0.1, 0.15) is 12.5 Å². The second-order valence-corrected chi connectivity index (χ2v) is 12.2. The number of imidazole rings is 1. The van der Waals surface area contributed by atoms with E-state index in [0.29, 0.717) is 0 Å². The summed E-state index contributed by atoms with van der Waals surface area (Å²) in [7, 11) is -10.1. The Morgan fingerprint density at radius 3 is 2.02 bits per heavy atom. The van der Waals surface area contributed by atoms with Crippen molar-refractivity contribution in [3.05, 3.63) is 35.4 Å². The van der Waals surface area contributed by atoms with Crippen LogP contribution in [-0.2, 0) is 36.7 Å². The molecule has 3 fully saturated rings. The van der Waals surface area contributed by atoms with Gasteiger partial charge in [0.1, 0.15) is 54.3 Å². The highest BCUT2D eigenvalue weighted by atomic mass is 31.2. The van der Waals surface area contributed by atoms with E-state index in [-0.39, 0.29) is 22.8 Å². The first kappa shape index (κ1) is 29.2. The summed E-state index contributed by atoms with van der Waals surface area (Å²) in [6.45, 7) is -1.65. The molecule has 42 heavy (non-hydrogen) atoms. The van der Waals surface area contributed by atoms with E-state index in [9.17, 15) is 33.9 Å². The van der Waals surface area contributed by atoms with Gasteiger partial charge >= 0.3 is 21.3 Å². The quantitative estimate of drug-likeness (QED) is 0.163. The number of ether oxygens (including phenoxy) is 2. The third-order valence-electron chi connectivity index (χ3n) is 6.72. The number of nitrogen functional groups attached to an aromatic ring is 2. The Morgan fingerprint density at radius 1 is 0.881 bits per heavy atom. The molecule has 6 heterocycles. The molecular weight excluding hydrogens is 610 g/mol. The van der Waals surface area contributed by atoms with Crippen LogP contribution in [0.25, 0.3) is 11.2 Å². The number of rotatable bonds is 2. The monoisotopic (exact) mass is 634 g/mol. The molecule has 23 heteroatoms. The normalized spacial score (nSPS) is 39.3. The second-order valence-electron chi connectivity index (χ2n) is 9.41. The first-order chi connectivity index (χ1) is 19.8. The van der Waals surface area contributed by atoms with Crippen molar-refractivity contribution in [3.63, 3.8) is 0 Å². The van der Waals surface area contributed by atoms with Gasteiger partial charge < -0.3 is 40.9 Å². The third kappa shape index (κ3) is 5.34. The molecule has 6 rings (SSSR count). The first-order valence-corrected chi connectivity index (χ1v) is 15.1. The highest BCUT2D eigenvalue weighted by Gasteiger charge is 2.53. The summed E-state index contributed by atoms with van der Waals surface area (Å²) >= 11 is 0. The molecule has 0 radical (unpaired) electrons. The maximum Gasteiger partial charge on any atom is 0.472 e. The van der Waals surface area contributed by atoms with Crippen LogP contribution in [-0.4, -0.2) is 98.9 Å². The third-order valence-corrected chi connectivity index (χ3v) is 8.69. The summed E-state index contributed by atoms with van der Waals surface area (Å²) in [5, 5.41) is 21.9. The van der Waals surface area contributed by atoms with Crippen molar-refractivity contribution in [3.8, 4) is 0 Å². The van der Waals surface area contributed by atoms with Gasteiger partial charge in [0, 0.05) is 6.20 Å². The van der Waals surface area contributed by atoms with Gasteiger partial charge in [-0.2, -0.15) is 4.98 Å². The molecule has 3 saturated heterocycles. The van der Waals surface area contributed by atoms with E-state index in [4.69, 9.17) is 39.0 Å². The van der Waals surface area contributed by atoms with Gasteiger partial charge in [0.25, 0.3) is 0 Å². The van der Waals surface area contributed by atoms with Gasteiger partial charge in [-0.05, 0) is 6.07 Å². The van der Waals surface area contributed by atoms with Gasteiger partial charge in [-0.3, -0.25) is 27.2 Å². The zero-order valence-corrected chi connectivity index (χ0v) is 22.8. The van der Waals surface area contributed by atoms with E-state index >= 15 is 0 Å². The van der Waals surface area contributed by atoms with E-state index in [0.717, 1.165) is 17.1 Å². The second kappa shape index (κ2) is 10.7. The lowest BCUT2D eigenvalue weighted by Gasteiger charge is -2.27. The SMILES string of the molecule is Nc1ccn([C@@H]2O[C@@H]3COP(=O)(O)O[C@H]4[C@@H](O)[C@H](n5cnc6c(N)ncnc65)O[C@@H]4COP(=O)(O)O[C@H]3[C@H]2O)c(=O)n1. The average molecular weight is 634 g/mol. The molecule has 21 nitrogen and oxygen atoms in total. The molecule has 0 aromatic carbocycles. The average Bonchev–Trinajstić information content (AvgIpc) is 3.57. The minimum absolute atomic E-state index is 0.0404. The molecule has 0 bridgehead atoms. The van der Waals surface area contributed by atoms with E-state index in [1.165, 1.54) is 17.0 Å². The minimum atomic E-state index is -5.03. The Hall–Kier alpha value is -2.91. The van der Waals surface area contributed by atoms with Gasteiger partial charge in [-0.25, -0.2) is 28.9 Å². The number of nitrogens with zero attached hydrogens (tertiary/aromatic N) is 6. The highest BCUT2D eigenvalue weighted by molar-refractivity contribution is 7.47. The summed E-state index contributed by atoms with van der Waals surface area (Å²) in [6.07, 6.45) is -9.13. The number of nitrogens with two attached hydrogens (primary N) is 2. The maximum absolute atomic E-state index is 13.0. The largest absolute Gasteiger partial charge is 0.472 e. The number of anilines is 2. The standard InChI is InChI=1S/C19H24N8O13P2/c20-9-1-2-26(19(30)25-9)17-11(28)13-7(37-17)3-35-42(33,34)40-14-8(4-36-41(31,32)39-13)38-18(12(14)29)27-6-24-10-15(21)22-5-23-16(10)27/h1-2,5-8,11-14,17-18,28-29H,3-4H2,(H,31,32)(H,33,34)(H2,20,25,30)(H2,21,22,23)/t7-,8-,11-,12-,13-,14-,17-,18-/m1/s1. The van der Waals surface area contributed by atoms with Gasteiger partial charge in [-0.15, -0.1) is 0 Å². The van der Waals surface area contributed by atoms with Gasteiger partial charge in [0.15, 0.2) is 23.9 Å². The lowest BCUT2D eigenvalue weighted by Crippen LogP contribution is -2.39. The topological polar surface area (TPSA) is 301 Å². The van der Waals surface area contributed by atoms with Crippen LogP contribution in [0.2, 0.25) is 0 Å². The summed E-state index contributed by atoms with van der Waals surface area (Å²) in [4.78, 5) is 48.8. The smallest absolute Gasteiger partial charge is 0.386 e. The summed E-state index contributed by atoms with van der Waals surface area (Å²) in [5.74, 6) is -0.0732. The Morgan fingerprint density at radius 2 is 1.45 bits per heavy atom. The number of fused-ring (bicyclic) bond motifs is 3. The van der Waals surface area contributed by atoms with Crippen LogP contribution in [0, 0.1) is 0 Å². The van der Waals surface area contributed by atoms with Crippen LogP contribution in [0.3, 0.4) is 0 Å². The molecule has 3 aromatic rings. The number of aliphatic hydroxyl groups excluding tert-OH is 2. The van der Waals surface area contributed by atoms with Crippen LogP contribution < -0.4 is 17.2 Å². The molecule has 0 aliphatic carbocycles. The molecular formula is C19H24N8O13P2. The van der Waals surface area contributed by atoms with Crippen molar-refractivity contribution in [2.75, 3.05) is 24.7 Å². The fourth-order valence-electron chi connectivity index (χ4n) is 4.81. The van der Waals surface area contributed by atoms with E-state index in [1.807, 2.05) is 0 Å². The lowest BCUT2D eigenvalue weighted by molar-refractivity contribution is -0.0675. The molecule has 2 unspecified atom stereocenters. The van der Waals surface area contributed by atoms with Gasteiger partial charge in [0.05, 0.1) is 19.5 Å². The predicted octanol–water partition coefficient (Wildman–Crippen LogP) is -2.22. The van der Waals surface area contributed by atoms with Crippen molar-refractivity contribution in [2.24, 2.45) is 0 Å². The first-order valence-electron chi connectivity index (χ1n) is 12.1. The Balaban J connectivity index is 1.28. The molecule has 228 valence electrons. The molecule has 0 amide bonds. The van der Waals surface area contributed by atoms with Crippen molar-refractivity contribution in [1.82, 2.24) is 29.1 Å². The van der Waals surface area contributed by atoms with Crippen LogP contribution >= 0.6 is 15.6 Å². The zero-order valence-electron chi connectivity index (χ0n) is 21.0. The van der Waals surface area contributed by atoms with Gasteiger partial charge in [-0.1, -0.05) is 0 Å². The van der Waals surface area contributed by atoms with E-state index in [2.05, 4.69) is 19.9 Å². The van der Waals surface area contributed by atoms with Crippen LogP contribution in [0.5, 0.6) is 0 Å². The molecule has 8 N–H and O–H groups in total. The fourth-order valence-corrected chi connectivity index (χ4v) is 6.74. The molecule has 3 aliphatic heterocycles. The fraction of sp³-hybridized carbons (Fsp3) is 0.526. The Labute approximate surface area is 233 Å². The molecule has 0 saturated carbocycles. The highest BCUT2D eigenvalue weighted by Crippen LogP contribution is 2.53. The minimum Gasteiger partial charge on any atom is -0.386 e. The Bertz CT molecular complexity index is 1660. The number of aliphatic hydroxyl groups is 2. The number of hydrogen-bond donors (Lipinski definition) is 6. The zero-order chi connectivity index (χ0) is 30.0. The van der Waals surface area contributed by atoms with Crippen molar-refractivity contribution < 1.29 is 56.7 Å². The van der Waals surface area contributed by atoms with Crippen molar-refractivity contribution >= 4 is 38.4 Å². The lowest BCUT2D eigenvalue weighted by atomic mass is 10.1. The summed E-state index contributed by atoms with van der Waals surface area (Å²) < 4.78 is 59.9. The van der Waals surface area contributed by atoms with Crippen molar-refractivity contribution in [1.29, 1.82) is 0 Å². The van der Waals surface area contributed by atoms with Crippen molar-refractivity contribution in [2.45, 2.75) is 49.1 Å². The van der Waals surface area contributed by atoms with E-state index in [1.54, 1.807) is 0 Å². The number of phosphoric acid groups is 2. The summed E-state index contributed by atoms with van der Waals surface area (Å²) in [5.41, 5.74) is 10.7. The van der Waals surface area contributed by atoms with E-state index < -0.39 is 83.6 Å².